The number of ether oxygens (including phenoxy) is 2. The van der Waals surface area contributed by atoms with Crippen LogP contribution >= 0.6 is 0 Å². The van der Waals surface area contributed by atoms with E-state index in [2.05, 4.69) is 10.4 Å². The lowest BCUT2D eigenvalue weighted by atomic mass is 10.2. The molecule has 2 heterocycles. The molecule has 0 atom stereocenters. The molecule has 1 aliphatic heterocycles. The molecule has 0 aliphatic carbocycles. The van der Waals surface area contributed by atoms with Gasteiger partial charge in [-0.3, -0.25) is 4.68 Å². The molecule has 0 amide bonds. The fourth-order valence-corrected chi connectivity index (χ4v) is 1.44. The second-order valence-electron chi connectivity index (χ2n) is 3.47. The predicted octanol–water partition coefficient (Wildman–Crippen LogP) is 0.377. The highest BCUT2D eigenvalue weighted by Gasteiger charge is 2.20. The number of nitrogens with one attached hydrogen (secondary N) is 1. The molecule has 78 valence electrons. The average Bonchev–Trinajstić information content (AvgIpc) is 2.40. The van der Waals surface area contributed by atoms with E-state index in [0.29, 0.717) is 12.6 Å². The maximum Gasteiger partial charge on any atom is 0.111 e. The lowest BCUT2D eigenvalue weighted by Gasteiger charge is -2.27. The maximum atomic E-state index is 5.09. The Hall–Kier alpha value is -1.07. The van der Waals surface area contributed by atoms with Gasteiger partial charge >= 0.3 is 0 Å². The van der Waals surface area contributed by atoms with Crippen LogP contribution in [0.15, 0.2) is 6.20 Å². The molecule has 0 bridgehead atoms. The number of nitrogens with zero attached hydrogens (tertiary/aromatic N) is 2. The van der Waals surface area contributed by atoms with Gasteiger partial charge in [-0.1, -0.05) is 0 Å². The molecule has 5 heteroatoms. The molecular weight excluding hydrogens is 182 g/mol. The zero-order valence-electron chi connectivity index (χ0n) is 8.49. The maximum absolute atomic E-state index is 5.09. The number of rotatable bonds is 4. The van der Waals surface area contributed by atoms with Crippen molar-refractivity contribution in [2.45, 2.75) is 12.6 Å². The smallest absolute Gasteiger partial charge is 0.111 e. The first-order chi connectivity index (χ1) is 6.79. The molecule has 5 nitrogen and oxygen atoms in total. The molecule has 1 saturated heterocycles. The summed E-state index contributed by atoms with van der Waals surface area (Å²) in [6.07, 6.45) is 1.96. The number of aryl methyl sites for hydroxylation is 1. The van der Waals surface area contributed by atoms with Gasteiger partial charge in [-0.2, -0.15) is 5.10 Å². The van der Waals surface area contributed by atoms with Crippen molar-refractivity contribution in [3.63, 3.8) is 0 Å². The fourth-order valence-electron chi connectivity index (χ4n) is 1.44. The van der Waals surface area contributed by atoms with Crippen LogP contribution in [-0.4, -0.2) is 36.1 Å². The Balaban J connectivity index is 2.05. The van der Waals surface area contributed by atoms with Crippen LogP contribution < -0.4 is 5.32 Å². The van der Waals surface area contributed by atoms with Gasteiger partial charge in [0.15, 0.2) is 0 Å². The van der Waals surface area contributed by atoms with Crippen LogP contribution in [0.2, 0.25) is 0 Å². The first-order valence-corrected chi connectivity index (χ1v) is 4.65. The van der Waals surface area contributed by atoms with Crippen molar-refractivity contribution in [2.75, 3.05) is 25.6 Å². The average molecular weight is 197 g/mol. The van der Waals surface area contributed by atoms with Crippen molar-refractivity contribution in [3.05, 3.63) is 11.9 Å². The molecule has 1 N–H and O–H groups in total. The summed E-state index contributed by atoms with van der Waals surface area (Å²) >= 11 is 0. The highest BCUT2D eigenvalue weighted by atomic mass is 16.5. The lowest BCUT2D eigenvalue weighted by Crippen LogP contribution is -2.40. The molecule has 0 radical (unpaired) electrons. The Kier molecular flexibility index (Phi) is 2.69. The molecule has 1 aliphatic rings. The van der Waals surface area contributed by atoms with Crippen LogP contribution in [0.3, 0.4) is 0 Å². The van der Waals surface area contributed by atoms with E-state index >= 15 is 0 Å². The monoisotopic (exact) mass is 197 g/mol. The van der Waals surface area contributed by atoms with Gasteiger partial charge in [-0.15, -0.1) is 0 Å². The van der Waals surface area contributed by atoms with E-state index in [1.54, 1.807) is 11.8 Å². The van der Waals surface area contributed by atoms with Crippen molar-refractivity contribution >= 4 is 5.69 Å². The Morgan fingerprint density at radius 1 is 1.71 bits per heavy atom. The van der Waals surface area contributed by atoms with E-state index in [1.807, 2.05) is 13.2 Å². The van der Waals surface area contributed by atoms with Gasteiger partial charge in [0.25, 0.3) is 0 Å². The number of anilines is 1. The summed E-state index contributed by atoms with van der Waals surface area (Å²) in [7, 11) is 3.58. The molecule has 0 spiro atoms. The first-order valence-electron chi connectivity index (χ1n) is 4.65. The summed E-state index contributed by atoms with van der Waals surface area (Å²) in [5.41, 5.74) is 1.99. The van der Waals surface area contributed by atoms with Crippen LogP contribution in [0.25, 0.3) is 0 Å². The summed E-state index contributed by atoms with van der Waals surface area (Å²) in [5, 5.41) is 7.66. The SMILES string of the molecule is COCc1nn(C)cc1NC1COC1. The number of methoxy groups -OCH3 is 1. The molecule has 1 aromatic heterocycles. The zero-order chi connectivity index (χ0) is 9.97. The lowest BCUT2D eigenvalue weighted by molar-refractivity contribution is 0.0210. The summed E-state index contributed by atoms with van der Waals surface area (Å²) < 4.78 is 11.9. The Morgan fingerprint density at radius 3 is 3.07 bits per heavy atom. The molecule has 0 aromatic carbocycles. The predicted molar refractivity (Wildman–Crippen MR) is 52.2 cm³/mol. The Bertz CT molecular complexity index is 307. The normalized spacial score (nSPS) is 16.7. The van der Waals surface area contributed by atoms with Crippen molar-refractivity contribution in [1.29, 1.82) is 0 Å². The minimum absolute atomic E-state index is 0.426. The fraction of sp³-hybridized carbons (Fsp3) is 0.667. The van der Waals surface area contributed by atoms with Gasteiger partial charge in [0.05, 0.1) is 31.5 Å². The number of aromatic nitrogens is 2. The first kappa shape index (κ1) is 9.48. The third-order valence-electron chi connectivity index (χ3n) is 2.18. The molecule has 1 fully saturated rings. The molecule has 2 rings (SSSR count). The van der Waals surface area contributed by atoms with Crippen LogP contribution in [0.5, 0.6) is 0 Å². The van der Waals surface area contributed by atoms with Crippen LogP contribution in [0.1, 0.15) is 5.69 Å². The Morgan fingerprint density at radius 2 is 2.50 bits per heavy atom. The number of hydrogen-bond donors (Lipinski definition) is 1. The standard InChI is InChI=1S/C9H15N3O2/c1-12-3-8(9(11-12)6-13-2)10-7-4-14-5-7/h3,7,10H,4-6H2,1-2H3. The van der Waals surface area contributed by atoms with E-state index in [4.69, 9.17) is 9.47 Å². The molecule has 0 unspecified atom stereocenters. The molecular formula is C9H15N3O2. The topological polar surface area (TPSA) is 48.3 Å². The van der Waals surface area contributed by atoms with Crippen molar-refractivity contribution in [2.24, 2.45) is 7.05 Å². The van der Waals surface area contributed by atoms with E-state index in [-0.39, 0.29) is 0 Å². The van der Waals surface area contributed by atoms with Crippen LogP contribution in [-0.2, 0) is 23.1 Å². The highest BCUT2D eigenvalue weighted by Crippen LogP contribution is 2.17. The van der Waals surface area contributed by atoms with Gasteiger partial charge in [0.2, 0.25) is 0 Å². The van der Waals surface area contributed by atoms with Crippen LogP contribution in [0, 0.1) is 0 Å². The van der Waals surface area contributed by atoms with E-state index < -0.39 is 0 Å². The molecule has 1 aromatic rings. The zero-order valence-corrected chi connectivity index (χ0v) is 8.49. The summed E-state index contributed by atoms with van der Waals surface area (Å²) in [5.74, 6) is 0. The third kappa shape index (κ3) is 1.88. The highest BCUT2D eigenvalue weighted by molar-refractivity contribution is 5.47. The summed E-state index contributed by atoms with van der Waals surface area (Å²) in [6.45, 7) is 2.10. The van der Waals surface area contributed by atoms with Gasteiger partial charge in [0.1, 0.15) is 5.69 Å². The Labute approximate surface area is 83.0 Å². The van der Waals surface area contributed by atoms with E-state index in [9.17, 15) is 0 Å². The molecule has 0 saturated carbocycles. The van der Waals surface area contributed by atoms with Gasteiger partial charge in [-0.25, -0.2) is 0 Å². The summed E-state index contributed by atoms with van der Waals surface area (Å²) in [6, 6.07) is 0.426. The quantitative estimate of drug-likeness (QED) is 0.758. The van der Waals surface area contributed by atoms with E-state index in [1.165, 1.54) is 0 Å². The minimum Gasteiger partial charge on any atom is -0.378 e. The van der Waals surface area contributed by atoms with Crippen molar-refractivity contribution in [3.8, 4) is 0 Å². The van der Waals surface area contributed by atoms with Gasteiger partial charge in [-0.05, 0) is 0 Å². The molecule has 14 heavy (non-hydrogen) atoms. The second-order valence-corrected chi connectivity index (χ2v) is 3.47. The summed E-state index contributed by atoms with van der Waals surface area (Å²) in [4.78, 5) is 0. The minimum atomic E-state index is 0.426. The van der Waals surface area contributed by atoms with Gasteiger partial charge < -0.3 is 14.8 Å². The third-order valence-corrected chi connectivity index (χ3v) is 2.18. The van der Waals surface area contributed by atoms with Crippen molar-refractivity contribution in [1.82, 2.24) is 9.78 Å². The largest absolute Gasteiger partial charge is 0.378 e. The second kappa shape index (κ2) is 3.98. The van der Waals surface area contributed by atoms with Crippen molar-refractivity contribution < 1.29 is 9.47 Å². The number of hydrogen-bond acceptors (Lipinski definition) is 4. The van der Waals surface area contributed by atoms with E-state index in [0.717, 1.165) is 24.6 Å². The van der Waals surface area contributed by atoms with Crippen LogP contribution in [0.4, 0.5) is 5.69 Å². The van der Waals surface area contributed by atoms with Gasteiger partial charge in [0, 0.05) is 20.4 Å².